The van der Waals surface area contributed by atoms with Crippen LogP contribution in [0.15, 0.2) is 83.9 Å². The van der Waals surface area contributed by atoms with Gasteiger partial charge in [0.15, 0.2) is 5.96 Å². The number of rotatable bonds is 39. The SMILES string of the molecule is CCC(=O)NCCNC(=O)NC(N)=NCCC[C@@H](NC(=O)C(c1ccccc1)c1ccc(NCCCNC(=O)[C@@H](CCC(=O)NCCN(C)CCNC(=O)CN2CCN(CC(=O)O)CCN(CC(=O)O)CCN(CC(=O)O)CC2)NC(=O)OC(C)(C)C)cc1)C(=O)NCc1ccc(O)cc1. The third-order valence-electron chi connectivity index (χ3n) is 15.6. The van der Waals surface area contributed by atoms with Gasteiger partial charge in [0.25, 0.3) is 0 Å². The number of guanidine groups is 1. The number of aliphatic carboxylic acids is 3. The highest BCUT2D eigenvalue weighted by Gasteiger charge is 2.30. The van der Waals surface area contributed by atoms with Crippen molar-refractivity contribution in [3.05, 3.63) is 95.6 Å². The zero-order chi connectivity index (χ0) is 73.4. The molecule has 1 saturated heterocycles. The van der Waals surface area contributed by atoms with Gasteiger partial charge in [0.1, 0.15) is 23.4 Å². The Kier molecular flexibility index (Phi) is 37.3. The number of aliphatic imine (C=N–C) groups is 1. The predicted octanol–water partition coefficient (Wildman–Crippen LogP) is -0.523. The van der Waals surface area contributed by atoms with Gasteiger partial charge in [-0.15, -0.1) is 0 Å². The lowest BCUT2D eigenvalue weighted by atomic mass is 9.90. The zero-order valence-electron chi connectivity index (χ0n) is 58.0. The summed E-state index contributed by atoms with van der Waals surface area (Å²) >= 11 is 0. The van der Waals surface area contributed by atoms with Crippen LogP contribution >= 0.6 is 0 Å². The van der Waals surface area contributed by atoms with E-state index >= 15 is 0 Å². The summed E-state index contributed by atoms with van der Waals surface area (Å²) in [7, 11) is 1.81. The summed E-state index contributed by atoms with van der Waals surface area (Å²) in [6.45, 7) is 10.5. The fourth-order valence-electron chi connectivity index (χ4n) is 10.2. The highest BCUT2D eigenvalue weighted by atomic mass is 16.6. The van der Waals surface area contributed by atoms with Gasteiger partial charge in [-0.1, -0.05) is 61.5 Å². The van der Waals surface area contributed by atoms with Gasteiger partial charge in [-0.2, -0.15) is 0 Å². The predicted molar refractivity (Wildman–Crippen MR) is 373 cm³/mol. The Labute approximate surface area is 583 Å². The number of carboxylic acids is 3. The minimum Gasteiger partial charge on any atom is -0.508 e. The van der Waals surface area contributed by atoms with E-state index in [1.54, 1.807) is 78.8 Å². The molecule has 1 fully saturated rings. The number of amides is 9. The second kappa shape index (κ2) is 45.1. The largest absolute Gasteiger partial charge is 0.508 e. The van der Waals surface area contributed by atoms with Crippen molar-refractivity contribution < 1.29 is 77.9 Å². The first-order valence-electron chi connectivity index (χ1n) is 33.5. The van der Waals surface area contributed by atoms with Crippen LogP contribution in [-0.2, 0) is 54.4 Å². The topological polar surface area (TPSA) is 453 Å². The minimum absolute atomic E-state index is 0.0412. The van der Waals surface area contributed by atoms with Gasteiger partial charge in [-0.3, -0.25) is 73.1 Å². The van der Waals surface area contributed by atoms with Crippen molar-refractivity contribution in [1.29, 1.82) is 0 Å². The summed E-state index contributed by atoms with van der Waals surface area (Å²) < 4.78 is 5.43. The maximum Gasteiger partial charge on any atom is 0.408 e. The number of nitrogens with one attached hydrogen (secondary N) is 10. The molecule has 3 aromatic rings. The number of hydrogen-bond donors (Lipinski definition) is 15. The molecule has 0 saturated carbocycles. The highest BCUT2D eigenvalue weighted by Crippen LogP contribution is 2.27. The van der Waals surface area contributed by atoms with Crippen LogP contribution in [0, 0.1) is 0 Å². The molecule has 0 bridgehead atoms. The Bertz CT molecular complexity index is 3090. The molecule has 0 aliphatic carbocycles. The maximum atomic E-state index is 14.5. The van der Waals surface area contributed by atoms with E-state index in [4.69, 9.17) is 10.5 Å². The van der Waals surface area contributed by atoms with Crippen LogP contribution in [0.2, 0.25) is 0 Å². The summed E-state index contributed by atoms with van der Waals surface area (Å²) in [4.78, 5) is 153. The van der Waals surface area contributed by atoms with E-state index in [0.717, 1.165) is 0 Å². The first-order chi connectivity index (χ1) is 47.6. The molecule has 552 valence electrons. The number of nitrogens with two attached hydrogens (primary N) is 1. The fourth-order valence-corrected chi connectivity index (χ4v) is 10.2. The number of phenols is 1. The molecule has 1 heterocycles. The molecule has 100 heavy (non-hydrogen) atoms. The van der Waals surface area contributed by atoms with Crippen LogP contribution in [0.5, 0.6) is 5.75 Å². The molecule has 4 rings (SSSR count). The first kappa shape index (κ1) is 82.7. The number of carboxylic acid groups (broad SMARTS) is 3. The van der Waals surface area contributed by atoms with Crippen LogP contribution in [0.3, 0.4) is 0 Å². The molecule has 0 radical (unpaired) electrons. The van der Waals surface area contributed by atoms with Crippen molar-refractivity contribution in [2.24, 2.45) is 10.7 Å². The lowest BCUT2D eigenvalue weighted by Gasteiger charge is -2.32. The van der Waals surface area contributed by atoms with Crippen LogP contribution in [-0.4, -0.2) is 279 Å². The van der Waals surface area contributed by atoms with Crippen LogP contribution < -0.4 is 58.9 Å². The Balaban J connectivity index is 1.27. The fraction of sp³-hybridized carbons (Fsp3) is 0.552. The Morgan fingerprint density at radius 3 is 1.62 bits per heavy atom. The van der Waals surface area contributed by atoms with Crippen molar-refractivity contribution in [3.63, 3.8) is 0 Å². The molecular weight excluding hydrogens is 1300 g/mol. The lowest BCUT2D eigenvalue weighted by Crippen LogP contribution is -2.50. The van der Waals surface area contributed by atoms with Gasteiger partial charge >= 0.3 is 30.0 Å². The number of carbonyl (C=O) groups excluding carboxylic acids is 8. The molecule has 1 aliphatic heterocycles. The molecule has 0 aromatic heterocycles. The quantitative estimate of drug-likeness (QED) is 0.0194. The molecule has 3 aromatic carbocycles. The molecule has 1 aliphatic rings. The number of aromatic hydroxyl groups is 1. The smallest absolute Gasteiger partial charge is 0.408 e. The first-order valence-corrected chi connectivity index (χ1v) is 33.5. The van der Waals surface area contributed by atoms with Gasteiger partial charge in [0, 0.05) is 136 Å². The van der Waals surface area contributed by atoms with Gasteiger partial charge in [0.2, 0.25) is 35.4 Å². The summed E-state index contributed by atoms with van der Waals surface area (Å²) in [5.41, 5.74) is 7.79. The van der Waals surface area contributed by atoms with Crippen molar-refractivity contribution >= 4 is 77.1 Å². The van der Waals surface area contributed by atoms with Crippen molar-refractivity contribution in [2.45, 2.75) is 96.4 Å². The minimum atomic E-state index is -1.12. The lowest BCUT2D eigenvalue weighted by molar-refractivity contribution is -0.140. The zero-order valence-corrected chi connectivity index (χ0v) is 58.0. The Morgan fingerprint density at radius 1 is 0.560 bits per heavy atom. The van der Waals surface area contributed by atoms with Crippen molar-refractivity contribution in [3.8, 4) is 5.75 Å². The third kappa shape index (κ3) is 35.7. The van der Waals surface area contributed by atoms with Crippen LogP contribution in [0.25, 0.3) is 0 Å². The van der Waals surface area contributed by atoms with Crippen LogP contribution in [0.1, 0.15) is 88.8 Å². The van der Waals surface area contributed by atoms with Gasteiger partial charge in [-0.25, -0.2) is 9.59 Å². The number of phenolic OH excluding ortho intramolecular Hbond substituents is 1. The monoisotopic (exact) mass is 1400 g/mol. The van der Waals surface area contributed by atoms with Gasteiger partial charge in [-0.05, 0) is 94.5 Å². The maximum absolute atomic E-state index is 14.5. The summed E-state index contributed by atoms with van der Waals surface area (Å²) in [5.74, 6) is -6.39. The van der Waals surface area contributed by atoms with Gasteiger partial charge < -0.3 is 83.6 Å². The average Bonchev–Trinajstić information content (AvgIpc) is 0.820. The number of anilines is 1. The van der Waals surface area contributed by atoms with Crippen molar-refractivity contribution in [1.82, 2.24) is 72.4 Å². The number of benzene rings is 3. The number of likely N-dealkylation sites (N-methyl/N-ethyl adjacent to an activating group) is 1. The molecule has 33 nitrogen and oxygen atoms in total. The van der Waals surface area contributed by atoms with E-state index < -0.39 is 71.4 Å². The van der Waals surface area contributed by atoms with Crippen molar-refractivity contribution in [2.75, 3.05) is 150 Å². The summed E-state index contributed by atoms with van der Waals surface area (Å²) in [6.07, 6.45) is 0.179. The number of ether oxygens (including phenoxy) is 1. The number of carbonyl (C=O) groups is 11. The molecule has 1 unspecified atom stereocenters. The third-order valence-corrected chi connectivity index (χ3v) is 15.6. The van der Waals surface area contributed by atoms with E-state index in [1.165, 1.54) is 12.1 Å². The molecule has 0 spiro atoms. The molecule has 3 atom stereocenters. The number of hydrogen-bond acceptors (Lipinski definition) is 20. The summed E-state index contributed by atoms with van der Waals surface area (Å²) in [5, 5.41) is 66.2. The van der Waals surface area contributed by atoms with E-state index in [1.807, 2.05) is 47.2 Å². The van der Waals surface area contributed by atoms with E-state index in [0.29, 0.717) is 67.9 Å². The number of urea groups is 1. The Morgan fingerprint density at radius 2 is 1.07 bits per heavy atom. The average molecular weight is 1400 g/mol. The van der Waals surface area contributed by atoms with E-state index in [2.05, 4.69) is 58.2 Å². The number of nitrogens with zero attached hydrogens (tertiary/aromatic N) is 6. The normalized spacial score (nSPS) is 14.6. The molecule has 16 N–H and O–H groups in total. The number of alkyl carbamates (subject to hydrolysis) is 1. The second-order valence-corrected chi connectivity index (χ2v) is 25.0. The molecule has 33 heteroatoms. The Hall–Kier alpha value is -9.70. The van der Waals surface area contributed by atoms with Crippen LogP contribution in [0.4, 0.5) is 15.3 Å². The molecular formula is C67H103N17O16. The standard InChI is InChI=1S/C67H103N17O16/c1-6-54(86)70-28-29-75-65(98)79-64(68)74-25-10-14-52(62(96)76-42-47-15-21-51(85)22-16-47)77-63(97)60(48-12-8-7-9-13-48)49-17-19-50(20-18-49)69-26-11-27-73-61(95)53(78-66(99)100-67(2,3)4)23-24-55(87)71-30-32-80(5)33-31-72-56(88)43-81-34-36-82(44-57(89)90)38-40-84(46-59(93)94)41-39-83(37-35-81)45-58(91)92/h7-9,12-13,15-22,52-53,60,69,85H,6,10-11,14,23-46H2,1-5H3,(H,70,86)(H,71,87)(H,72,88)(H,73,95)(H,76,96)(H,77,97)(H,78,99)(H,89,90)(H,91,92)(H,93,94)(H4,68,74,75,79,98)/t52-,53-,60?/m1/s1. The highest BCUT2D eigenvalue weighted by molar-refractivity contribution is 5.95. The van der Waals surface area contributed by atoms with E-state index in [-0.39, 0.29) is 166 Å². The summed E-state index contributed by atoms with van der Waals surface area (Å²) in [6, 6.07) is 19.8. The second-order valence-electron chi connectivity index (χ2n) is 25.0. The van der Waals surface area contributed by atoms with E-state index in [9.17, 15) is 73.2 Å². The van der Waals surface area contributed by atoms with Gasteiger partial charge in [0.05, 0.1) is 32.1 Å². The molecule has 9 amide bonds.